The van der Waals surface area contributed by atoms with Crippen LogP contribution in [0.1, 0.15) is 36.2 Å². The lowest BCUT2D eigenvalue weighted by atomic mass is 10.0. The molecule has 3 N–H and O–H groups in total. The molecule has 2 rings (SSSR count). The summed E-state index contributed by atoms with van der Waals surface area (Å²) < 4.78 is 0. The van der Waals surface area contributed by atoms with E-state index in [1.54, 1.807) is 42.5 Å². The van der Waals surface area contributed by atoms with E-state index >= 15 is 0 Å². The van der Waals surface area contributed by atoms with Crippen molar-refractivity contribution in [3.63, 3.8) is 0 Å². The van der Waals surface area contributed by atoms with Gasteiger partial charge in [0.2, 0.25) is 0 Å². The fourth-order valence-electron chi connectivity index (χ4n) is 2.39. The third kappa shape index (κ3) is 6.42. The summed E-state index contributed by atoms with van der Waals surface area (Å²) in [5.41, 5.74) is 3.30. The van der Waals surface area contributed by atoms with Crippen LogP contribution >= 0.6 is 11.6 Å². The molecule has 6 nitrogen and oxygen atoms in total. The topological polar surface area (TPSA) is 90.8 Å². The van der Waals surface area contributed by atoms with Crippen LogP contribution in [0.15, 0.2) is 53.6 Å². The van der Waals surface area contributed by atoms with Crippen molar-refractivity contribution in [3.05, 3.63) is 64.7 Å². The molecule has 0 aliphatic carbocycles. The number of amides is 2. The molecule has 0 saturated heterocycles. The fourth-order valence-corrected chi connectivity index (χ4v) is 2.51. The van der Waals surface area contributed by atoms with E-state index in [-0.39, 0.29) is 17.6 Å². The number of carbonyl (C=O) groups excluding carboxylic acids is 2. The fraction of sp³-hybridized carbons (Fsp3) is 0.250. The third-order valence-corrected chi connectivity index (χ3v) is 4.00. The first-order valence-electron chi connectivity index (χ1n) is 8.54. The number of nitrogens with one attached hydrogen (secondary N) is 2. The van der Waals surface area contributed by atoms with E-state index in [1.165, 1.54) is 12.3 Å². The molecule has 2 aromatic rings. The van der Waals surface area contributed by atoms with Gasteiger partial charge in [0.1, 0.15) is 11.8 Å². The maximum Gasteiger partial charge on any atom is 0.262 e. The predicted molar refractivity (Wildman–Crippen MR) is 106 cm³/mol. The van der Waals surface area contributed by atoms with E-state index in [4.69, 9.17) is 11.6 Å². The van der Waals surface area contributed by atoms with Crippen molar-refractivity contribution < 1.29 is 14.7 Å². The first kappa shape index (κ1) is 20.5. The highest BCUT2D eigenvalue weighted by atomic mass is 35.5. The number of hydrogen-bond acceptors (Lipinski definition) is 4. The first-order valence-corrected chi connectivity index (χ1v) is 8.92. The molecule has 0 heterocycles. The second-order valence-corrected chi connectivity index (χ2v) is 6.89. The van der Waals surface area contributed by atoms with Crippen LogP contribution in [-0.2, 0) is 4.79 Å². The van der Waals surface area contributed by atoms with Crippen molar-refractivity contribution in [3.8, 4) is 5.75 Å². The summed E-state index contributed by atoms with van der Waals surface area (Å²) in [6, 6.07) is 12.3. The largest absolute Gasteiger partial charge is 0.507 e. The molecule has 0 spiro atoms. The lowest BCUT2D eigenvalue weighted by Gasteiger charge is -2.19. The molecule has 0 saturated carbocycles. The van der Waals surface area contributed by atoms with Gasteiger partial charge in [-0.2, -0.15) is 5.10 Å². The number of halogens is 1. The lowest BCUT2D eigenvalue weighted by molar-refractivity contribution is -0.123. The van der Waals surface area contributed by atoms with E-state index in [1.807, 2.05) is 13.8 Å². The van der Waals surface area contributed by atoms with E-state index < -0.39 is 11.9 Å². The van der Waals surface area contributed by atoms with Gasteiger partial charge < -0.3 is 10.4 Å². The monoisotopic (exact) mass is 387 g/mol. The van der Waals surface area contributed by atoms with Crippen LogP contribution in [-0.4, -0.2) is 29.2 Å². The standard InChI is InChI=1S/C20H22ClN3O3/c1-13(2)11-17(23-19(26)14-7-9-16(21)10-8-14)20(27)24-22-12-15-5-3-4-6-18(15)25/h3-10,12-13,17,25H,11H2,1-2H3,(H,23,26)(H,24,27)/b22-12-/t17-/m1/s1. The number of hydrogen-bond donors (Lipinski definition) is 3. The molecule has 0 fully saturated rings. The van der Waals surface area contributed by atoms with Gasteiger partial charge in [-0.25, -0.2) is 5.43 Å². The zero-order valence-electron chi connectivity index (χ0n) is 15.1. The smallest absolute Gasteiger partial charge is 0.262 e. The van der Waals surface area contributed by atoms with Crippen LogP contribution in [0.5, 0.6) is 5.75 Å². The summed E-state index contributed by atoms with van der Waals surface area (Å²) in [4.78, 5) is 24.8. The minimum Gasteiger partial charge on any atom is -0.507 e. The summed E-state index contributed by atoms with van der Waals surface area (Å²) in [6.07, 6.45) is 1.80. The van der Waals surface area contributed by atoms with Crippen LogP contribution in [0.3, 0.4) is 0 Å². The zero-order chi connectivity index (χ0) is 19.8. The van der Waals surface area contributed by atoms with Crippen molar-refractivity contribution in [1.82, 2.24) is 10.7 Å². The Bertz CT molecular complexity index is 819. The molecule has 0 radical (unpaired) electrons. The number of benzene rings is 2. The van der Waals surface area contributed by atoms with Crippen LogP contribution in [0, 0.1) is 5.92 Å². The minimum absolute atomic E-state index is 0.0604. The van der Waals surface area contributed by atoms with E-state index in [9.17, 15) is 14.7 Å². The molecule has 1 atom stereocenters. The van der Waals surface area contributed by atoms with Gasteiger partial charge in [0.15, 0.2) is 0 Å². The van der Waals surface area contributed by atoms with Gasteiger partial charge in [0.25, 0.3) is 11.8 Å². The summed E-state index contributed by atoms with van der Waals surface area (Å²) >= 11 is 5.83. The maximum atomic E-state index is 12.5. The molecule has 2 amide bonds. The van der Waals surface area contributed by atoms with Gasteiger partial charge in [-0.15, -0.1) is 0 Å². The zero-order valence-corrected chi connectivity index (χ0v) is 15.9. The normalized spacial score (nSPS) is 12.1. The number of rotatable bonds is 7. The van der Waals surface area contributed by atoms with Crippen LogP contribution in [0.25, 0.3) is 0 Å². The average molecular weight is 388 g/mol. The number of para-hydroxylation sites is 1. The molecule has 27 heavy (non-hydrogen) atoms. The Hall–Kier alpha value is -2.86. The van der Waals surface area contributed by atoms with Crippen molar-refractivity contribution in [2.75, 3.05) is 0 Å². The Morgan fingerprint density at radius 3 is 2.44 bits per heavy atom. The SMILES string of the molecule is CC(C)C[C@@H](NC(=O)c1ccc(Cl)cc1)C(=O)N/N=C\c1ccccc1O. The molecule has 0 aliphatic heterocycles. The molecule has 7 heteroatoms. The minimum atomic E-state index is -0.741. The highest BCUT2D eigenvalue weighted by Crippen LogP contribution is 2.13. The summed E-state index contributed by atoms with van der Waals surface area (Å²) in [5, 5.41) is 16.8. The van der Waals surface area contributed by atoms with E-state index in [0.29, 0.717) is 22.6 Å². The highest BCUT2D eigenvalue weighted by Gasteiger charge is 2.22. The van der Waals surface area contributed by atoms with Gasteiger partial charge in [0, 0.05) is 16.1 Å². The Morgan fingerprint density at radius 1 is 1.15 bits per heavy atom. The van der Waals surface area contributed by atoms with Gasteiger partial charge in [-0.1, -0.05) is 37.6 Å². The first-order chi connectivity index (χ1) is 12.9. The number of aromatic hydroxyl groups is 1. The average Bonchev–Trinajstić information content (AvgIpc) is 2.62. The second kappa shape index (κ2) is 9.73. The van der Waals surface area contributed by atoms with Crippen LogP contribution in [0.2, 0.25) is 5.02 Å². The Morgan fingerprint density at radius 2 is 1.81 bits per heavy atom. The number of hydrazone groups is 1. The lowest BCUT2D eigenvalue weighted by Crippen LogP contribution is -2.46. The highest BCUT2D eigenvalue weighted by molar-refractivity contribution is 6.30. The number of phenols is 1. The van der Waals surface area contributed by atoms with Crippen molar-refractivity contribution in [1.29, 1.82) is 0 Å². The number of carbonyl (C=O) groups is 2. The third-order valence-electron chi connectivity index (χ3n) is 3.75. The molecular weight excluding hydrogens is 366 g/mol. The maximum absolute atomic E-state index is 12.5. The van der Waals surface area contributed by atoms with Crippen molar-refractivity contribution in [2.45, 2.75) is 26.3 Å². The van der Waals surface area contributed by atoms with Gasteiger partial charge in [0.05, 0.1) is 6.21 Å². The van der Waals surface area contributed by atoms with Gasteiger partial charge in [-0.05, 0) is 48.7 Å². The molecule has 2 aromatic carbocycles. The molecule has 0 unspecified atom stereocenters. The summed E-state index contributed by atoms with van der Waals surface area (Å²) in [6.45, 7) is 3.92. The molecule has 0 aromatic heterocycles. The van der Waals surface area contributed by atoms with Crippen molar-refractivity contribution >= 4 is 29.6 Å². The number of nitrogens with zero attached hydrogens (tertiary/aromatic N) is 1. The number of phenolic OH excluding ortho intramolecular Hbond substituents is 1. The quantitative estimate of drug-likeness (QED) is 0.502. The van der Waals surface area contributed by atoms with Gasteiger partial charge in [-0.3, -0.25) is 9.59 Å². The van der Waals surface area contributed by atoms with Crippen LogP contribution in [0.4, 0.5) is 0 Å². The Balaban J connectivity index is 2.03. The summed E-state index contributed by atoms with van der Waals surface area (Å²) in [5.74, 6) is -0.548. The van der Waals surface area contributed by atoms with E-state index in [0.717, 1.165) is 0 Å². The summed E-state index contributed by atoms with van der Waals surface area (Å²) in [7, 11) is 0. The molecule has 142 valence electrons. The van der Waals surface area contributed by atoms with Crippen LogP contribution < -0.4 is 10.7 Å². The Labute approximate surface area is 163 Å². The Kier molecular flexibility index (Phi) is 7.37. The predicted octanol–water partition coefficient (Wildman–Crippen LogP) is 3.34. The second-order valence-electron chi connectivity index (χ2n) is 6.46. The van der Waals surface area contributed by atoms with Crippen molar-refractivity contribution in [2.24, 2.45) is 11.0 Å². The molecular formula is C20H22ClN3O3. The van der Waals surface area contributed by atoms with Gasteiger partial charge >= 0.3 is 0 Å². The van der Waals surface area contributed by atoms with E-state index in [2.05, 4.69) is 15.8 Å². The molecule has 0 aliphatic rings. The molecule has 0 bridgehead atoms.